The molecule has 20 heavy (non-hydrogen) atoms. The third-order valence-corrected chi connectivity index (χ3v) is 3.68. The van der Waals surface area contributed by atoms with Crippen molar-refractivity contribution in [1.82, 2.24) is 0 Å². The Morgan fingerprint density at radius 3 is 2.30 bits per heavy atom. The van der Waals surface area contributed by atoms with Gasteiger partial charge in [-0.15, -0.1) is 0 Å². The van der Waals surface area contributed by atoms with Crippen molar-refractivity contribution in [3.05, 3.63) is 35.4 Å². The number of rotatable bonds is 10. The molecule has 0 fully saturated rings. The van der Waals surface area contributed by atoms with Gasteiger partial charge in [0.2, 0.25) is 0 Å². The number of unbranched alkanes of at least 4 members (excludes halogenated alkanes) is 6. The molecule has 1 rings (SSSR count). The highest BCUT2D eigenvalue weighted by Gasteiger charge is 2.09. The normalized spacial score (nSPS) is 12.6. The Morgan fingerprint density at radius 1 is 1.00 bits per heavy atom. The Balaban J connectivity index is 2.15. The lowest BCUT2D eigenvalue weighted by Gasteiger charge is -2.12. The van der Waals surface area contributed by atoms with Gasteiger partial charge in [0.05, 0.1) is 0 Å². The van der Waals surface area contributed by atoms with Crippen molar-refractivity contribution in [2.45, 2.75) is 70.8 Å². The minimum absolute atomic E-state index is 0.0365. The summed E-state index contributed by atoms with van der Waals surface area (Å²) in [4.78, 5) is 0. The Morgan fingerprint density at radius 2 is 1.65 bits per heavy atom. The van der Waals surface area contributed by atoms with Crippen LogP contribution in [0, 0.1) is 11.6 Å². The minimum atomic E-state index is -0.535. The third-order valence-electron chi connectivity index (χ3n) is 3.68. The number of halogens is 2. The zero-order valence-electron chi connectivity index (χ0n) is 12.5. The second kappa shape index (κ2) is 9.87. The summed E-state index contributed by atoms with van der Waals surface area (Å²) in [6.07, 6.45) is 10.2. The lowest BCUT2D eigenvalue weighted by molar-refractivity contribution is 0.514. The van der Waals surface area contributed by atoms with E-state index in [2.05, 4.69) is 6.92 Å². The fourth-order valence-electron chi connectivity index (χ4n) is 2.44. The van der Waals surface area contributed by atoms with Crippen LogP contribution < -0.4 is 5.73 Å². The molecule has 2 N–H and O–H groups in total. The summed E-state index contributed by atoms with van der Waals surface area (Å²) >= 11 is 0. The van der Waals surface area contributed by atoms with Crippen LogP contribution in [0.2, 0.25) is 0 Å². The van der Waals surface area contributed by atoms with Crippen LogP contribution in [-0.2, 0) is 6.42 Å². The van der Waals surface area contributed by atoms with Crippen LogP contribution in [0.3, 0.4) is 0 Å². The second-order valence-corrected chi connectivity index (χ2v) is 5.61. The Hall–Kier alpha value is -0.960. The van der Waals surface area contributed by atoms with E-state index in [1.165, 1.54) is 50.7 Å². The molecule has 3 heteroatoms. The van der Waals surface area contributed by atoms with Crippen molar-refractivity contribution in [3.8, 4) is 0 Å². The fourth-order valence-corrected chi connectivity index (χ4v) is 2.44. The summed E-state index contributed by atoms with van der Waals surface area (Å²) in [6.45, 7) is 2.22. The molecule has 0 bridgehead atoms. The molecule has 1 unspecified atom stereocenters. The fraction of sp³-hybridized carbons (Fsp3) is 0.647. The molecule has 1 aromatic rings. The molecule has 0 radical (unpaired) electrons. The molecule has 1 atom stereocenters. The van der Waals surface area contributed by atoms with Crippen LogP contribution in [0.1, 0.15) is 63.9 Å². The summed E-state index contributed by atoms with van der Waals surface area (Å²) in [6, 6.07) is 3.68. The van der Waals surface area contributed by atoms with Crippen LogP contribution in [0.5, 0.6) is 0 Å². The van der Waals surface area contributed by atoms with Crippen LogP contribution in [0.25, 0.3) is 0 Å². The van der Waals surface area contributed by atoms with Crippen molar-refractivity contribution in [3.63, 3.8) is 0 Å². The minimum Gasteiger partial charge on any atom is -0.327 e. The highest BCUT2D eigenvalue weighted by atomic mass is 19.1. The second-order valence-electron chi connectivity index (χ2n) is 5.61. The average molecular weight is 283 g/mol. The first kappa shape index (κ1) is 17.1. The van der Waals surface area contributed by atoms with E-state index in [1.54, 1.807) is 0 Å². The third kappa shape index (κ3) is 6.99. The number of hydrogen-bond donors (Lipinski definition) is 1. The van der Waals surface area contributed by atoms with E-state index in [9.17, 15) is 8.78 Å². The first-order valence-electron chi connectivity index (χ1n) is 7.83. The Bertz CT molecular complexity index is 379. The predicted molar refractivity (Wildman–Crippen MR) is 80.6 cm³/mol. The van der Waals surface area contributed by atoms with Crippen LogP contribution in [0.4, 0.5) is 8.78 Å². The van der Waals surface area contributed by atoms with Crippen molar-refractivity contribution in [2.24, 2.45) is 5.73 Å². The van der Waals surface area contributed by atoms with Crippen LogP contribution in [-0.4, -0.2) is 6.04 Å². The summed E-state index contributed by atoms with van der Waals surface area (Å²) in [5.74, 6) is -1.02. The van der Waals surface area contributed by atoms with Gasteiger partial charge in [-0.2, -0.15) is 0 Å². The lowest BCUT2D eigenvalue weighted by Crippen LogP contribution is -2.23. The van der Waals surface area contributed by atoms with Gasteiger partial charge in [-0.1, -0.05) is 57.9 Å². The van der Waals surface area contributed by atoms with E-state index in [1.807, 2.05) is 0 Å². The Kier molecular flexibility index (Phi) is 8.43. The topological polar surface area (TPSA) is 26.0 Å². The maximum absolute atomic E-state index is 13.5. The molecule has 1 nitrogen and oxygen atoms in total. The van der Waals surface area contributed by atoms with Gasteiger partial charge in [-0.25, -0.2) is 8.78 Å². The number of hydrogen-bond acceptors (Lipinski definition) is 1. The highest BCUT2D eigenvalue weighted by Crippen LogP contribution is 2.14. The molecule has 0 aliphatic rings. The summed E-state index contributed by atoms with van der Waals surface area (Å²) in [5, 5.41) is 0. The molecule has 1 aromatic carbocycles. The van der Waals surface area contributed by atoms with Gasteiger partial charge in [-0.3, -0.25) is 0 Å². The largest absolute Gasteiger partial charge is 0.327 e. The molecule has 0 amide bonds. The zero-order valence-corrected chi connectivity index (χ0v) is 12.5. The Labute approximate surface area is 121 Å². The molecular weight excluding hydrogens is 256 g/mol. The number of nitrogens with two attached hydrogens (primary N) is 1. The van der Waals surface area contributed by atoms with Crippen molar-refractivity contribution < 1.29 is 8.78 Å². The van der Waals surface area contributed by atoms with E-state index < -0.39 is 11.6 Å². The van der Waals surface area contributed by atoms with E-state index in [0.717, 1.165) is 18.9 Å². The maximum atomic E-state index is 13.5. The van der Waals surface area contributed by atoms with Gasteiger partial charge in [0.15, 0.2) is 0 Å². The van der Waals surface area contributed by atoms with E-state index in [-0.39, 0.29) is 6.04 Å². The molecule has 0 aromatic heterocycles. The van der Waals surface area contributed by atoms with E-state index in [0.29, 0.717) is 12.0 Å². The molecule has 0 aliphatic carbocycles. The van der Waals surface area contributed by atoms with Crippen LogP contribution in [0.15, 0.2) is 18.2 Å². The lowest BCUT2D eigenvalue weighted by atomic mass is 10.00. The zero-order chi connectivity index (χ0) is 14.8. The van der Waals surface area contributed by atoms with Crippen LogP contribution >= 0.6 is 0 Å². The first-order chi connectivity index (χ1) is 9.63. The predicted octanol–water partition coefficient (Wildman–Crippen LogP) is 4.98. The van der Waals surface area contributed by atoms with Gasteiger partial charge in [0.25, 0.3) is 0 Å². The molecule has 0 saturated heterocycles. The molecule has 0 saturated carbocycles. The highest BCUT2D eigenvalue weighted by molar-refractivity contribution is 5.19. The van der Waals surface area contributed by atoms with E-state index >= 15 is 0 Å². The molecule has 114 valence electrons. The van der Waals surface area contributed by atoms with Crippen molar-refractivity contribution in [2.75, 3.05) is 0 Å². The van der Waals surface area contributed by atoms with Gasteiger partial charge >= 0.3 is 0 Å². The molecule has 0 heterocycles. The SMILES string of the molecule is CCCCCCCCCC(N)Cc1ccc(F)cc1F. The van der Waals surface area contributed by atoms with Crippen molar-refractivity contribution in [1.29, 1.82) is 0 Å². The first-order valence-corrected chi connectivity index (χ1v) is 7.83. The summed E-state index contributed by atoms with van der Waals surface area (Å²) in [5.41, 5.74) is 6.53. The smallest absolute Gasteiger partial charge is 0.129 e. The van der Waals surface area contributed by atoms with Gasteiger partial charge in [-0.05, 0) is 24.5 Å². The monoisotopic (exact) mass is 283 g/mol. The maximum Gasteiger partial charge on any atom is 0.129 e. The quantitative estimate of drug-likeness (QED) is 0.602. The average Bonchev–Trinajstić information content (AvgIpc) is 2.41. The molecule has 0 aliphatic heterocycles. The molecule has 0 spiro atoms. The standard InChI is InChI=1S/C17H27F2N/c1-2-3-4-5-6-7-8-9-16(20)12-14-10-11-15(18)13-17(14)19/h10-11,13,16H,2-9,12,20H2,1H3. The molecular formula is C17H27F2N. The van der Waals surface area contributed by atoms with E-state index in [4.69, 9.17) is 5.73 Å². The van der Waals surface area contributed by atoms with Gasteiger partial charge in [0.1, 0.15) is 11.6 Å². The summed E-state index contributed by atoms with van der Waals surface area (Å²) < 4.78 is 26.3. The summed E-state index contributed by atoms with van der Waals surface area (Å²) in [7, 11) is 0. The number of benzene rings is 1. The van der Waals surface area contributed by atoms with Crippen molar-refractivity contribution >= 4 is 0 Å². The van der Waals surface area contributed by atoms with Gasteiger partial charge < -0.3 is 5.73 Å². The van der Waals surface area contributed by atoms with Gasteiger partial charge in [0, 0.05) is 12.1 Å².